The Bertz CT molecular complexity index is 474. The minimum absolute atomic E-state index is 0.129. The molecular formula is C15H22N2O3. The molecule has 110 valence electrons. The Balaban J connectivity index is 2.73. The first-order chi connectivity index (χ1) is 9.45. The zero-order chi connectivity index (χ0) is 15.1. The summed E-state index contributed by atoms with van der Waals surface area (Å²) in [5.74, 6) is -1.11. The molecule has 1 amide bonds. The van der Waals surface area contributed by atoms with Crippen LogP contribution in [0.5, 0.6) is 0 Å². The smallest absolute Gasteiger partial charge is 0.317 e. The van der Waals surface area contributed by atoms with Crippen molar-refractivity contribution in [3.05, 3.63) is 29.8 Å². The monoisotopic (exact) mass is 278 g/mol. The summed E-state index contributed by atoms with van der Waals surface area (Å²) in [4.78, 5) is 24.7. The number of aliphatic carboxylic acids is 1. The number of amides is 1. The number of benzene rings is 1. The van der Waals surface area contributed by atoms with E-state index in [-0.39, 0.29) is 12.5 Å². The van der Waals surface area contributed by atoms with Crippen LogP contribution in [0.15, 0.2) is 24.3 Å². The van der Waals surface area contributed by atoms with Gasteiger partial charge in [0.25, 0.3) is 0 Å². The maximum atomic E-state index is 12.2. The molecule has 1 rings (SSSR count). The number of rotatable bonds is 7. The Hall–Kier alpha value is -1.88. The lowest BCUT2D eigenvalue weighted by molar-refractivity contribution is -0.139. The summed E-state index contributed by atoms with van der Waals surface area (Å²) in [6, 6.07) is 7.03. The van der Waals surface area contributed by atoms with Gasteiger partial charge in [0.15, 0.2) is 0 Å². The highest BCUT2D eigenvalue weighted by molar-refractivity contribution is 5.95. The number of carboxylic acid groups (broad SMARTS) is 1. The number of aryl methyl sites for hydroxylation is 1. The Morgan fingerprint density at radius 2 is 2.00 bits per heavy atom. The molecule has 0 fully saturated rings. The molecule has 0 spiro atoms. The number of carboxylic acids is 1. The Kier molecular flexibility index (Phi) is 6.18. The third-order valence-corrected chi connectivity index (χ3v) is 3.18. The van der Waals surface area contributed by atoms with Crippen molar-refractivity contribution in [3.8, 4) is 0 Å². The largest absolute Gasteiger partial charge is 0.480 e. The van der Waals surface area contributed by atoms with E-state index < -0.39 is 12.0 Å². The van der Waals surface area contributed by atoms with Crippen molar-refractivity contribution >= 4 is 17.6 Å². The minimum Gasteiger partial charge on any atom is -0.480 e. The fraction of sp³-hybridized carbons (Fsp3) is 0.467. The highest BCUT2D eigenvalue weighted by Crippen LogP contribution is 2.14. The van der Waals surface area contributed by atoms with Gasteiger partial charge in [-0.3, -0.25) is 14.5 Å². The van der Waals surface area contributed by atoms with Crippen LogP contribution in [-0.2, 0) is 9.59 Å². The second kappa shape index (κ2) is 7.65. The van der Waals surface area contributed by atoms with Crippen molar-refractivity contribution in [3.63, 3.8) is 0 Å². The molecule has 0 radical (unpaired) electrons. The van der Waals surface area contributed by atoms with Gasteiger partial charge in [-0.25, -0.2) is 0 Å². The van der Waals surface area contributed by atoms with Crippen molar-refractivity contribution in [2.24, 2.45) is 0 Å². The topological polar surface area (TPSA) is 69.6 Å². The number of carbonyl (C=O) groups is 2. The Morgan fingerprint density at radius 1 is 1.35 bits per heavy atom. The van der Waals surface area contributed by atoms with Crippen molar-refractivity contribution in [1.82, 2.24) is 4.90 Å². The maximum Gasteiger partial charge on any atom is 0.317 e. The van der Waals surface area contributed by atoms with E-state index in [0.717, 1.165) is 17.7 Å². The second-order valence-corrected chi connectivity index (χ2v) is 4.84. The van der Waals surface area contributed by atoms with Crippen LogP contribution in [-0.4, -0.2) is 41.0 Å². The molecule has 1 aromatic carbocycles. The summed E-state index contributed by atoms with van der Waals surface area (Å²) in [7, 11) is 0. The SMILES string of the molecule is CCCN(CC(=O)O)C(C)C(=O)Nc1ccccc1C. The van der Waals surface area contributed by atoms with Crippen LogP contribution < -0.4 is 5.32 Å². The van der Waals surface area contributed by atoms with E-state index >= 15 is 0 Å². The van der Waals surface area contributed by atoms with Crippen LogP contribution in [0.3, 0.4) is 0 Å². The molecule has 0 aliphatic heterocycles. The molecule has 0 aromatic heterocycles. The molecular weight excluding hydrogens is 256 g/mol. The quantitative estimate of drug-likeness (QED) is 0.801. The molecule has 5 nitrogen and oxygen atoms in total. The zero-order valence-corrected chi connectivity index (χ0v) is 12.2. The lowest BCUT2D eigenvalue weighted by Gasteiger charge is -2.26. The number of para-hydroxylation sites is 1. The minimum atomic E-state index is -0.922. The van der Waals surface area contributed by atoms with Gasteiger partial charge in [-0.1, -0.05) is 25.1 Å². The van der Waals surface area contributed by atoms with E-state index in [2.05, 4.69) is 5.32 Å². The summed E-state index contributed by atoms with van der Waals surface area (Å²) >= 11 is 0. The van der Waals surface area contributed by atoms with Gasteiger partial charge in [0.1, 0.15) is 0 Å². The first-order valence-corrected chi connectivity index (χ1v) is 6.78. The van der Waals surface area contributed by atoms with Gasteiger partial charge in [-0.15, -0.1) is 0 Å². The third kappa shape index (κ3) is 4.66. The third-order valence-electron chi connectivity index (χ3n) is 3.18. The molecule has 2 N–H and O–H groups in total. The van der Waals surface area contributed by atoms with Crippen LogP contribution in [0.1, 0.15) is 25.8 Å². The maximum absolute atomic E-state index is 12.2. The average Bonchev–Trinajstić information content (AvgIpc) is 2.39. The molecule has 0 saturated heterocycles. The van der Waals surface area contributed by atoms with Gasteiger partial charge < -0.3 is 10.4 Å². The van der Waals surface area contributed by atoms with Crippen LogP contribution in [0.2, 0.25) is 0 Å². The first-order valence-electron chi connectivity index (χ1n) is 6.78. The first kappa shape index (κ1) is 16.2. The van der Waals surface area contributed by atoms with Crippen LogP contribution in [0, 0.1) is 6.92 Å². The molecule has 0 aliphatic carbocycles. The highest BCUT2D eigenvalue weighted by Gasteiger charge is 2.22. The van der Waals surface area contributed by atoms with Gasteiger partial charge in [0, 0.05) is 5.69 Å². The summed E-state index contributed by atoms with van der Waals surface area (Å²) < 4.78 is 0. The molecule has 0 bridgehead atoms. The molecule has 20 heavy (non-hydrogen) atoms. The zero-order valence-electron chi connectivity index (χ0n) is 12.2. The summed E-state index contributed by atoms with van der Waals surface area (Å²) in [6.07, 6.45) is 0.801. The van der Waals surface area contributed by atoms with Gasteiger partial charge in [0.2, 0.25) is 5.91 Å². The standard InChI is InChI=1S/C15H22N2O3/c1-4-9-17(10-14(18)19)12(3)15(20)16-13-8-6-5-7-11(13)2/h5-8,12H,4,9-10H2,1-3H3,(H,16,20)(H,18,19). The number of anilines is 1. The fourth-order valence-corrected chi connectivity index (χ4v) is 1.99. The van der Waals surface area contributed by atoms with E-state index in [4.69, 9.17) is 5.11 Å². The molecule has 0 aliphatic rings. The summed E-state index contributed by atoms with van der Waals surface area (Å²) in [6.45, 7) is 6.05. The summed E-state index contributed by atoms with van der Waals surface area (Å²) in [5.41, 5.74) is 1.74. The van der Waals surface area contributed by atoms with Gasteiger partial charge in [-0.05, 0) is 38.4 Å². The number of hydrogen-bond acceptors (Lipinski definition) is 3. The van der Waals surface area contributed by atoms with Gasteiger partial charge >= 0.3 is 5.97 Å². The number of hydrogen-bond donors (Lipinski definition) is 2. The Morgan fingerprint density at radius 3 is 2.55 bits per heavy atom. The van der Waals surface area contributed by atoms with Crippen molar-refractivity contribution in [2.75, 3.05) is 18.4 Å². The second-order valence-electron chi connectivity index (χ2n) is 4.84. The predicted octanol–water partition coefficient (Wildman–Crippen LogP) is 2.12. The van der Waals surface area contributed by atoms with Crippen molar-refractivity contribution in [1.29, 1.82) is 0 Å². The molecule has 1 aromatic rings. The van der Waals surface area contributed by atoms with E-state index in [0.29, 0.717) is 6.54 Å². The van der Waals surface area contributed by atoms with Gasteiger partial charge in [0.05, 0.1) is 12.6 Å². The van der Waals surface area contributed by atoms with Crippen molar-refractivity contribution in [2.45, 2.75) is 33.2 Å². The average molecular weight is 278 g/mol. The van der Waals surface area contributed by atoms with E-state index in [1.807, 2.05) is 38.1 Å². The lowest BCUT2D eigenvalue weighted by Crippen LogP contribution is -2.45. The molecule has 1 atom stereocenters. The summed E-state index contributed by atoms with van der Waals surface area (Å²) in [5, 5.41) is 11.8. The Labute approximate surface area is 119 Å². The van der Waals surface area contributed by atoms with Crippen LogP contribution in [0.4, 0.5) is 5.69 Å². The number of carbonyl (C=O) groups excluding carboxylic acids is 1. The molecule has 5 heteroatoms. The van der Waals surface area contributed by atoms with Crippen molar-refractivity contribution < 1.29 is 14.7 Å². The lowest BCUT2D eigenvalue weighted by atomic mass is 10.2. The van der Waals surface area contributed by atoms with Crippen LogP contribution in [0.25, 0.3) is 0 Å². The highest BCUT2D eigenvalue weighted by atomic mass is 16.4. The number of nitrogens with zero attached hydrogens (tertiary/aromatic N) is 1. The number of nitrogens with one attached hydrogen (secondary N) is 1. The molecule has 1 unspecified atom stereocenters. The molecule has 0 heterocycles. The normalized spacial score (nSPS) is 12.2. The van der Waals surface area contributed by atoms with E-state index in [1.54, 1.807) is 11.8 Å². The van der Waals surface area contributed by atoms with E-state index in [9.17, 15) is 9.59 Å². The predicted molar refractivity (Wildman–Crippen MR) is 78.8 cm³/mol. The van der Waals surface area contributed by atoms with Gasteiger partial charge in [-0.2, -0.15) is 0 Å². The fourth-order valence-electron chi connectivity index (χ4n) is 1.99. The van der Waals surface area contributed by atoms with E-state index in [1.165, 1.54) is 0 Å². The molecule has 0 saturated carbocycles. The van der Waals surface area contributed by atoms with Crippen LogP contribution >= 0.6 is 0 Å².